The summed E-state index contributed by atoms with van der Waals surface area (Å²) in [5.41, 5.74) is 4.35. The lowest BCUT2D eigenvalue weighted by molar-refractivity contribution is 0.833. The maximum absolute atomic E-state index is 12.6. The lowest BCUT2D eigenvalue weighted by Gasteiger charge is -2.05. The van der Waals surface area contributed by atoms with Gasteiger partial charge >= 0.3 is 0 Å². The van der Waals surface area contributed by atoms with Crippen LogP contribution in [0.1, 0.15) is 22.4 Å². The first-order chi connectivity index (χ1) is 11.1. The maximum Gasteiger partial charge on any atom is 0.280 e. The minimum atomic E-state index is -0.120. The second kappa shape index (κ2) is 6.04. The van der Waals surface area contributed by atoms with Gasteiger partial charge in [0, 0.05) is 18.1 Å². The fourth-order valence-electron chi connectivity index (χ4n) is 2.32. The monoisotopic (exact) mass is 306 g/mol. The Labute approximate surface area is 134 Å². The van der Waals surface area contributed by atoms with Gasteiger partial charge in [0.15, 0.2) is 5.82 Å². The van der Waals surface area contributed by atoms with Gasteiger partial charge in [-0.3, -0.25) is 9.89 Å². The molecule has 0 fully saturated rings. The van der Waals surface area contributed by atoms with Crippen LogP contribution in [0.4, 0.5) is 5.82 Å². The molecule has 0 atom stereocenters. The lowest BCUT2D eigenvalue weighted by Crippen LogP contribution is -2.17. The van der Waals surface area contributed by atoms with Gasteiger partial charge in [-0.15, -0.1) is 0 Å². The van der Waals surface area contributed by atoms with E-state index in [0.717, 1.165) is 16.9 Å². The summed E-state index contributed by atoms with van der Waals surface area (Å²) in [5.74, 6) is 0.574. The van der Waals surface area contributed by atoms with Crippen LogP contribution in [0.2, 0.25) is 0 Å². The number of hydrogen-bond donors (Lipinski definition) is 1. The maximum atomic E-state index is 12.6. The van der Waals surface area contributed by atoms with Crippen LogP contribution in [-0.4, -0.2) is 21.0 Å². The smallest absolute Gasteiger partial charge is 0.280 e. The first-order valence-electron chi connectivity index (χ1n) is 7.40. The first kappa shape index (κ1) is 15.0. The number of nitrogens with zero attached hydrogens (tertiary/aromatic N) is 3. The largest absolute Gasteiger partial charge is 0.295 e. The number of rotatable bonds is 3. The molecule has 0 saturated carbocycles. The highest BCUT2D eigenvalue weighted by Crippen LogP contribution is 2.13. The van der Waals surface area contributed by atoms with Gasteiger partial charge in [-0.25, -0.2) is 14.7 Å². The van der Waals surface area contributed by atoms with Crippen molar-refractivity contribution >= 4 is 12.0 Å². The van der Waals surface area contributed by atoms with Gasteiger partial charge in [-0.1, -0.05) is 12.1 Å². The standard InChI is InChI=1S/C18H18N4O/c1-12-7-8-15(10-13(12)2)22-18(23)16(14(3)21-22)11-20-17-6-4-5-9-19-17/h4-11,21H,1-3H3. The Morgan fingerprint density at radius 1 is 1.13 bits per heavy atom. The minimum absolute atomic E-state index is 0.120. The van der Waals surface area contributed by atoms with E-state index in [9.17, 15) is 4.79 Å². The summed E-state index contributed by atoms with van der Waals surface area (Å²) in [5, 5.41) is 3.10. The molecule has 0 saturated heterocycles. The molecule has 0 spiro atoms. The van der Waals surface area contributed by atoms with Crippen molar-refractivity contribution in [2.75, 3.05) is 0 Å². The Kier molecular flexibility index (Phi) is 3.93. The average Bonchev–Trinajstić information content (AvgIpc) is 2.84. The summed E-state index contributed by atoms with van der Waals surface area (Å²) >= 11 is 0. The Hall–Kier alpha value is -2.95. The van der Waals surface area contributed by atoms with Crippen molar-refractivity contribution in [2.45, 2.75) is 20.8 Å². The van der Waals surface area contributed by atoms with Crippen molar-refractivity contribution in [1.82, 2.24) is 14.8 Å². The second-order valence-electron chi connectivity index (χ2n) is 5.51. The zero-order valence-electron chi connectivity index (χ0n) is 13.4. The number of pyridine rings is 1. The van der Waals surface area contributed by atoms with Crippen LogP contribution in [0.3, 0.4) is 0 Å². The molecule has 23 heavy (non-hydrogen) atoms. The molecule has 0 bridgehead atoms. The van der Waals surface area contributed by atoms with Gasteiger partial charge in [-0.05, 0) is 56.2 Å². The van der Waals surface area contributed by atoms with Crippen molar-refractivity contribution < 1.29 is 0 Å². The molecule has 1 aromatic carbocycles. The zero-order valence-corrected chi connectivity index (χ0v) is 13.4. The normalized spacial score (nSPS) is 11.3. The number of aromatic amines is 1. The summed E-state index contributed by atoms with van der Waals surface area (Å²) < 4.78 is 1.54. The second-order valence-corrected chi connectivity index (χ2v) is 5.51. The van der Waals surface area contributed by atoms with E-state index >= 15 is 0 Å². The lowest BCUT2D eigenvalue weighted by atomic mass is 10.1. The topological polar surface area (TPSA) is 63.0 Å². The Morgan fingerprint density at radius 3 is 2.65 bits per heavy atom. The molecule has 0 aliphatic heterocycles. The van der Waals surface area contributed by atoms with Gasteiger partial charge in [0.05, 0.1) is 11.3 Å². The highest BCUT2D eigenvalue weighted by molar-refractivity contribution is 5.82. The predicted octanol–water partition coefficient (Wildman–Crippen LogP) is 3.24. The summed E-state index contributed by atoms with van der Waals surface area (Å²) in [7, 11) is 0. The highest BCUT2D eigenvalue weighted by atomic mass is 16.1. The fraction of sp³-hybridized carbons (Fsp3) is 0.167. The number of aliphatic imine (C=N–C) groups is 1. The van der Waals surface area contributed by atoms with Crippen LogP contribution in [0.25, 0.3) is 5.69 Å². The molecule has 0 amide bonds. The van der Waals surface area contributed by atoms with E-state index in [-0.39, 0.29) is 5.56 Å². The Morgan fingerprint density at radius 2 is 1.96 bits per heavy atom. The Bertz CT molecular complexity index is 920. The summed E-state index contributed by atoms with van der Waals surface area (Å²) in [4.78, 5) is 21.0. The van der Waals surface area contributed by atoms with E-state index < -0.39 is 0 Å². The van der Waals surface area contributed by atoms with Crippen LogP contribution in [0.5, 0.6) is 0 Å². The van der Waals surface area contributed by atoms with Gasteiger partial charge in [-0.2, -0.15) is 0 Å². The molecule has 0 aliphatic carbocycles. The van der Waals surface area contributed by atoms with E-state index in [4.69, 9.17) is 0 Å². The number of hydrogen-bond acceptors (Lipinski definition) is 3. The number of nitrogens with one attached hydrogen (secondary N) is 1. The van der Waals surface area contributed by atoms with E-state index in [2.05, 4.69) is 15.1 Å². The SMILES string of the molecule is Cc1ccc(-n2[nH]c(C)c(C=Nc3ccccn3)c2=O)cc1C. The van der Waals surface area contributed by atoms with Gasteiger partial charge in [0.1, 0.15) is 0 Å². The van der Waals surface area contributed by atoms with Gasteiger partial charge < -0.3 is 0 Å². The van der Waals surface area contributed by atoms with Crippen LogP contribution >= 0.6 is 0 Å². The van der Waals surface area contributed by atoms with Crippen molar-refractivity contribution in [1.29, 1.82) is 0 Å². The van der Waals surface area contributed by atoms with Crippen LogP contribution in [-0.2, 0) is 0 Å². The quantitative estimate of drug-likeness (QED) is 0.755. The van der Waals surface area contributed by atoms with E-state index in [1.807, 2.05) is 51.1 Å². The third-order valence-corrected chi connectivity index (χ3v) is 3.84. The third kappa shape index (κ3) is 2.99. The summed E-state index contributed by atoms with van der Waals surface area (Å²) in [6.07, 6.45) is 3.23. The van der Waals surface area contributed by atoms with E-state index in [1.165, 1.54) is 5.56 Å². The number of aryl methyl sites for hydroxylation is 3. The molecule has 5 nitrogen and oxygen atoms in total. The molecule has 2 aromatic heterocycles. The summed E-state index contributed by atoms with van der Waals surface area (Å²) in [6.45, 7) is 5.94. The molecule has 3 aromatic rings. The number of aromatic nitrogens is 3. The molecular weight excluding hydrogens is 288 g/mol. The van der Waals surface area contributed by atoms with Gasteiger partial charge in [0.2, 0.25) is 0 Å². The molecule has 3 rings (SSSR count). The van der Waals surface area contributed by atoms with Crippen molar-refractivity contribution in [3.05, 3.63) is 75.3 Å². The van der Waals surface area contributed by atoms with Crippen molar-refractivity contribution in [3.63, 3.8) is 0 Å². The van der Waals surface area contributed by atoms with Crippen LogP contribution in [0, 0.1) is 20.8 Å². The molecule has 0 radical (unpaired) electrons. The van der Waals surface area contributed by atoms with Crippen LogP contribution < -0.4 is 5.56 Å². The molecular formula is C18H18N4O. The summed E-state index contributed by atoms with van der Waals surface area (Å²) in [6, 6.07) is 11.4. The van der Waals surface area contributed by atoms with Crippen molar-refractivity contribution in [3.8, 4) is 5.69 Å². The zero-order chi connectivity index (χ0) is 16.4. The molecule has 5 heteroatoms. The number of benzene rings is 1. The third-order valence-electron chi connectivity index (χ3n) is 3.84. The molecule has 0 aliphatic rings. The molecule has 2 heterocycles. The molecule has 1 N–H and O–H groups in total. The highest BCUT2D eigenvalue weighted by Gasteiger charge is 2.11. The minimum Gasteiger partial charge on any atom is -0.295 e. The predicted molar refractivity (Wildman–Crippen MR) is 92.1 cm³/mol. The van der Waals surface area contributed by atoms with E-state index in [1.54, 1.807) is 23.2 Å². The van der Waals surface area contributed by atoms with Gasteiger partial charge in [0.25, 0.3) is 5.56 Å². The number of H-pyrrole nitrogens is 1. The molecule has 116 valence electrons. The Balaban J connectivity index is 2.01. The van der Waals surface area contributed by atoms with Crippen molar-refractivity contribution in [2.24, 2.45) is 4.99 Å². The van der Waals surface area contributed by atoms with Crippen LogP contribution in [0.15, 0.2) is 52.4 Å². The molecule has 0 unspecified atom stereocenters. The van der Waals surface area contributed by atoms with E-state index in [0.29, 0.717) is 11.4 Å². The first-order valence-corrected chi connectivity index (χ1v) is 7.40. The average molecular weight is 306 g/mol. The fourth-order valence-corrected chi connectivity index (χ4v) is 2.32.